The van der Waals surface area contributed by atoms with Gasteiger partial charge in [0.15, 0.2) is 0 Å². The van der Waals surface area contributed by atoms with Crippen molar-refractivity contribution in [1.29, 1.82) is 0 Å². The van der Waals surface area contributed by atoms with Crippen LogP contribution in [0, 0.1) is 11.6 Å². The molecule has 0 radical (unpaired) electrons. The molecular formula is C32H24F2N2. The average molecular weight is 475 g/mol. The third kappa shape index (κ3) is 3.36. The highest BCUT2D eigenvalue weighted by atomic mass is 19.1. The first-order chi connectivity index (χ1) is 17.7. The summed E-state index contributed by atoms with van der Waals surface area (Å²) >= 11 is 0. The molecule has 4 heteroatoms. The molecule has 0 spiro atoms. The third-order valence-electron chi connectivity index (χ3n) is 7.52. The fraction of sp³-hybridized carbons (Fsp3) is 0.125. The summed E-state index contributed by atoms with van der Waals surface area (Å²) in [6.07, 6.45) is 1.73. The smallest absolute Gasteiger partial charge is 0.125 e. The van der Waals surface area contributed by atoms with E-state index in [1.54, 1.807) is 12.1 Å². The summed E-state index contributed by atoms with van der Waals surface area (Å²) in [5, 5.41) is 10.9. The molecule has 0 fully saturated rings. The lowest BCUT2D eigenvalue weighted by molar-refractivity contribution is 0.627. The van der Waals surface area contributed by atoms with E-state index in [4.69, 9.17) is 0 Å². The van der Waals surface area contributed by atoms with Crippen molar-refractivity contribution in [1.82, 2.24) is 0 Å². The van der Waals surface area contributed by atoms with Crippen LogP contribution < -0.4 is 10.2 Å². The summed E-state index contributed by atoms with van der Waals surface area (Å²) < 4.78 is 27.3. The lowest BCUT2D eigenvalue weighted by atomic mass is 9.92. The summed E-state index contributed by atoms with van der Waals surface area (Å²) in [7, 11) is 0. The lowest BCUT2D eigenvalue weighted by Gasteiger charge is -2.23. The zero-order valence-electron chi connectivity index (χ0n) is 19.7. The molecule has 1 aliphatic rings. The number of fused-ring (bicyclic) bond motifs is 1. The van der Waals surface area contributed by atoms with Crippen LogP contribution in [0.5, 0.6) is 0 Å². The molecule has 0 amide bonds. The summed E-state index contributed by atoms with van der Waals surface area (Å²) in [5.74, 6) is -0.407. The molecule has 0 saturated heterocycles. The van der Waals surface area contributed by atoms with E-state index in [-0.39, 0.29) is 11.6 Å². The highest BCUT2D eigenvalue weighted by molar-refractivity contribution is 6.27. The average Bonchev–Trinajstić information content (AvgIpc) is 3.31. The molecule has 7 rings (SSSR count). The Morgan fingerprint density at radius 1 is 0.667 bits per heavy atom. The normalized spacial score (nSPS) is 13.2. The standard InChI is InChI=1S/C32H24F2N2/c33-24-8-1-20(2-9-24)15-17-35-28-13-6-22-5-12-27-29(14-7-23-4-11-26(28)31(22)32(23)27)36-18-16-21-3-10-25(34)19-30(21)36/h1-14,19,35H,15-18H2. The highest BCUT2D eigenvalue weighted by Gasteiger charge is 2.23. The van der Waals surface area contributed by atoms with E-state index < -0.39 is 0 Å². The predicted octanol–water partition coefficient (Wildman–Crippen LogP) is 8.21. The van der Waals surface area contributed by atoms with Gasteiger partial charge in [-0.1, -0.05) is 54.6 Å². The maximum atomic E-state index is 14.1. The van der Waals surface area contributed by atoms with Gasteiger partial charge in [-0.3, -0.25) is 0 Å². The van der Waals surface area contributed by atoms with Crippen LogP contribution in [0.1, 0.15) is 11.1 Å². The van der Waals surface area contributed by atoms with Gasteiger partial charge in [0.2, 0.25) is 0 Å². The van der Waals surface area contributed by atoms with E-state index >= 15 is 0 Å². The van der Waals surface area contributed by atoms with Gasteiger partial charge in [-0.25, -0.2) is 8.78 Å². The Kier molecular flexibility index (Phi) is 4.81. The van der Waals surface area contributed by atoms with Gasteiger partial charge >= 0.3 is 0 Å². The molecule has 36 heavy (non-hydrogen) atoms. The number of nitrogens with zero attached hydrogens (tertiary/aromatic N) is 1. The monoisotopic (exact) mass is 474 g/mol. The Morgan fingerprint density at radius 3 is 2.19 bits per heavy atom. The molecule has 6 aromatic carbocycles. The van der Waals surface area contributed by atoms with Gasteiger partial charge in [-0.05, 0) is 81.9 Å². The summed E-state index contributed by atoms with van der Waals surface area (Å²) in [6.45, 7) is 1.61. The summed E-state index contributed by atoms with van der Waals surface area (Å²) in [4.78, 5) is 2.26. The SMILES string of the molecule is Fc1ccc(CCNc2ccc3ccc4c(N5CCc6ccc(F)cc65)ccc5ccc2c3c54)cc1. The highest BCUT2D eigenvalue weighted by Crippen LogP contribution is 2.44. The van der Waals surface area contributed by atoms with E-state index in [1.807, 2.05) is 18.2 Å². The molecule has 1 N–H and O–H groups in total. The van der Waals surface area contributed by atoms with Crippen LogP contribution in [0.25, 0.3) is 32.3 Å². The molecular weight excluding hydrogens is 450 g/mol. The third-order valence-corrected chi connectivity index (χ3v) is 7.52. The van der Waals surface area contributed by atoms with Crippen molar-refractivity contribution in [2.24, 2.45) is 0 Å². The predicted molar refractivity (Wildman–Crippen MR) is 146 cm³/mol. The number of benzene rings is 6. The number of nitrogens with one attached hydrogen (secondary N) is 1. The molecule has 6 aromatic rings. The first-order valence-corrected chi connectivity index (χ1v) is 12.4. The van der Waals surface area contributed by atoms with Crippen LogP contribution in [0.4, 0.5) is 25.8 Å². The molecule has 0 atom stereocenters. The van der Waals surface area contributed by atoms with Gasteiger partial charge < -0.3 is 10.2 Å². The van der Waals surface area contributed by atoms with Crippen LogP contribution in [0.3, 0.4) is 0 Å². The molecule has 0 aliphatic carbocycles. The summed E-state index contributed by atoms with van der Waals surface area (Å²) in [6, 6.07) is 29.3. The first kappa shape index (κ1) is 21.1. The molecule has 0 saturated carbocycles. The lowest BCUT2D eigenvalue weighted by Crippen LogP contribution is -2.13. The number of halogens is 2. The molecule has 176 valence electrons. The van der Waals surface area contributed by atoms with Gasteiger partial charge in [-0.2, -0.15) is 0 Å². The van der Waals surface area contributed by atoms with Crippen molar-refractivity contribution in [3.63, 3.8) is 0 Å². The van der Waals surface area contributed by atoms with Crippen molar-refractivity contribution in [2.45, 2.75) is 12.8 Å². The molecule has 0 unspecified atom stereocenters. The van der Waals surface area contributed by atoms with E-state index in [0.717, 1.165) is 48.6 Å². The van der Waals surface area contributed by atoms with Gasteiger partial charge in [0.25, 0.3) is 0 Å². The zero-order chi connectivity index (χ0) is 24.2. The van der Waals surface area contributed by atoms with Crippen molar-refractivity contribution in [3.05, 3.63) is 114 Å². The molecule has 0 bridgehead atoms. The second-order valence-corrected chi connectivity index (χ2v) is 9.60. The second kappa shape index (κ2) is 8.20. The molecule has 0 aromatic heterocycles. The molecule has 1 aliphatic heterocycles. The Labute approximate surface area is 208 Å². The summed E-state index contributed by atoms with van der Waals surface area (Å²) in [5.41, 5.74) is 5.48. The van der Waals surface area contributed by atoms with Crippen LogP contribution >= 0.6 is 0 Å². The van der Waals surface area contributed by atoms with E-state index in [2.05, 4.69) is 58.7 Å². The number of anilines is 3. The number of rotatable bonds is 5. The van der Waals surface area contributed by atoms with Crippen molar-refractivity contribution < 1.29 is 8.78 Å². The maximum absolute atomic E-state index is 14.1. The Hall–Kier alpha value is -4.18. The zero-order valence-corrected chi connectivity index (χ0v) is 19.7. The largest absolute Gasteiger partial charge is 0.384 e. The van der Waals surface area contributed by atoms with Gasteiger partial charge in [0.05, 0.1) is 0 Å². The molecule has 1 heterocycles. The van der Waals surface area contributed by atoms with E-state index in [0.29, 0.717) is 0 Å². The fourth-order valence-electron chi connectivity index (χ4n) is 5.77. The minimum atomic E-state index is -0.208. The first-order valence-electron chi connectivity index (χ1n) is 12.4. The van der Waals surface area contributed by atoms with Crippen molar-refractivity contribution in [3.8, 4) is 0 Å². The quantitative estimate of drug-likeness (QED) is 0.253. The molecule has 2 nitrogen and oxygen atoms in total. The Bertz CT molecular complexity index is 1740. The van der Waals surface area contributed by atoms with Crippen LogP contribution in [-0.4, -0.2) is 13.1 Å². The number of hydrogen-bond donors (Lipinski definition) is 1. The van der Waals surface area contributed by atoms with E-state index in [1.165, 1.54) is 50.0 Å². The minimum absolute atomic E-state index is 0.199. The van der Waals surface area contributed by atoms with Crippen LogP contribution in [-0.2, 0) is 12.8 Å². The Balaban J connectivity index is 1.31. The van der Waals surface area contributed by atoms with E-state index in [9.17, 15) is 8.78 Å². The Morgan fingerprint density at radius 2 is 1.36 bits per heavy atom. The fourth-order valence-corrected chi connectivity index (χ4v) is 5.77. The number of hydrogen-bond acceptors (Lipinski definition) is 2. The maximum Gasteiger partial charge on any atom is 0.125 e. The van der Waals surface area contributed by atoms with Gasteiger partial charge in [0, 0.05) is 40.9 Å². The topological polar surface area (TPSA) is 15.3 Å². The van der Waals surface area contributed by atoms with Crippen molar-refractivity contribution >= 4 is 49.4 Å². The van der Waals surface area contributed by atoms with Gasteiger partial charge in [0.1, 0.15) is 11.6 Å². The second-order valence-electron chi connectivity index (χ2n) is 9.60. The van der Waals surface area contributed by atoms with Crippen molar-refractivity contribution in [2.75, 3.05) is 23.3 Å². The van der Waals surface area contributed by atoms with Crippen LogP contribution in [0.2, 0.25) is 0 Å². The van der Waals surface area contributed by atoms with Crippen LogP contribution in [0.15, 0.2) is 91.0 Å². The van der Waals surface area contributed by atoms with Gasteiger partial charge in [-0.15, -0.1) is 0 Å². The minimum Gasteiger partial charge on any atom is -0.384 e.